The second-order valence-corrected chi connectivity index (χ2v) is 4.55. The number of unbranched alkanes of at least 4 members (excludes halogenated alkanes) is 1. The minimum atomic E-state index is -0.358. The lowest BCUT2D eigenvalue weighted by atomic mass is 10.1. The minimum Gasteiger partial charge on any atom is -0.392 e. The largest absolute Gasteiger partial charge is 0.392 e. The average molecular weight is 217 g/mol. The lowest BCUT2D eigenvalue weighted by Crippen LogP contribution is -2.49. The molecule has 4 atom stereocenters. The molecule has 0 radical (unpaired) electrons. The van der Waals surface area contributed by atoms with Gasteiger partial charge in [-0.2, -0.15) is 0 Å². The third kappa shape index (κ3) is 4.96. The van der Waals surface area contributed by atoms with Crippen LogP contribution in [0.25, 0.3) is 0 Å². The van der Waals surface area contributed by atoms with Crippen LogP contribution in [0.1, 0.15) is 47.5 Å². The van der Waals surface area contributed by atoms with Crippen molar-refractivity contribution in [3.05, 3.63) is 0 Å². The molecule has 0 aliphatic carbocycles. The van der Waals surface area contributed by atoms with Gasteiger partial charge in [0.2, 0.25) is 0 Å². The van der Waals surface area contributed by atoms with Crippen molar-refractivity contribution in [1.82, 2.24) is 4.90 Å². The van der Waals surface area contributed by atoms with E-state index >= 15 is 0 Å². The predicted molar refractivity (Wildman–Crippen MR) is 63.9 cm³/mol. The summed E-state index contributed by atoms with van der Waals surface area (Å²) in [5.41, 5.74) is 0. The maximum absolute atomic E-state index is 9.60. The zero-order valence-electron chi connectivity index (χ0n) is 10.8. The van der Waals surface area contributed by atoms with E-state index in [1.807, 2.05) is 13.8 Å². The van der Waals surface area contributed by atoms with Crippen LogP contribution in [0.2, 0.25) is 0 Å². The van der Waals surface area contributed by atoms with E-state index in [1.165, 1.54) is 0 Å². The van der Waals surface area contributed by atoms with Crippen LogP contribution in [-0.4, -0.2) is 45.9 Å². The number of rotatable bonds is 7. The fraction of sp³-hybridized carbons (Fsp3) is 1.00. The Morgan fingerprint density at radius 2 is 1.33 bits per heavy atom. The number of hydrogen-bond donors (Lipinski definition) is 2. The van der Waals surface area contributed by atoms with E-state index in [0.717, 1.165) is 19.4 Å². The summed E-state index contributed by atoms with van der Waals surface area (Å²) in [5.74, 6) is 0. The van der Waals surface area contributed by atoms with Gasteiger partial charge in [-0.3, -0.25) is 4.90 Å². The molecule has 0 spiro atoms. The number of aliphatic hydroxyl groups is 2. The van der Waals surface area contributed by atoms with Crippen LogP contribution in [0.15, 0.2) is 0 Å². The highest BCUT2D eigenvalue weighted by Crippen LogP contribution is 2.13. The van der Waals surface area contributed by atoms with E-state index in [1.54, 1.807) is 13.8 Å². The zero-order chi connectivity index (χ0) is 12.0. The topological polar surface area (TPSA) is 43.7 Å². The van der Waals surface area contributed by atoms with Crippen LogP contribution >= 0.6 is 0 Å². The molecule has 0 aromatic heterocycles. The Bertz CT molecular complexity index is 146. The molecule has 0 heterocycles. The lowest BCUT2D eigenvalue weighted by molar-refractivity contribution is 0.00219. The Labute approximate surface area is 94.1 Å². The Morgan fingerprint density at radius 1 is 0.933 bits per heavy atom. The van der Waals surface area contributed by atoms with Crippen LogP contribution < -0.4 is 0 Å². The van der Waals surface area contributed by atoms with Gasteiger partial charge in [0.15, 0.2) is 0 Å². The molecule has 0 saturated heterocycles. The average Bonchev–Trinajstić information content (AvgIpc) is 2.17. The van der Waals surface area contributed by atoms with Crippen molar-refractivity contribution >= 4 is 0 Å². The fourth-order valence-electron chi connectivity index (χ4n) is 1.67. The molecule has 4 unspecified atom stereocenters. The molecule has 0 aliphatic rings. The summed E-state index contributed by atoms with van der Waals surface area (Å²) in [5, 5.41) is 19.2. The van der Waals surface area contributed by atoms with Crippen molar-refractivity contribution in [2.45, 2.75) is 71.8 Å². The Morgan fingerprint density at radius 3 is 1.60 bits per heavy atom. The van der Waals surface area contributed by atoms with Gasteiger partial charge in [-0.15, -0.1) is 0 Å². The van der Waals surface area contributed by atoms with Crippen molar-refractivity contribution in [2.24, 2.45) is 0 Å². The van der Waals surface area contributed by atoms with Crippen molar-refractivity contribution < 1.29 is 10.2 Å². The standard InChI is InChI=1S/C12H27NO2/c1-6-7-8-13(9(2)11(4)14)10(3)12(5)15/h9-12,14-15H,6-8H2,1-5H3. The highest BCUT2D eigenvalue weighted by Gasteiger charge is 2.25. The van der Waals surface area contributed by atoms with Crippen LogP contribution in [-0.2, 0) is 0 Å². The Balaban J connectivity index is 4.42. The molecule has 0 saturated carbocycles. The van der Waals surface area contributed by atoms with E-state index in [9.17, 15) is 10.2 Å². The summed E-state index contributed by atoms with van der Waals surface area (Å²) in [6, 6.07) is 0.197. The lowest BCUT2D eigenvalue weighted by Gasteiger charge is -2.37. The van der Waals surface area contributed by atoms with E-state index in [2.05, 4.69) is 11.8 Å². The Hall–Kier alpha value is -0.120. The molecule has 0 rings (SSSR count). The first-order valence-corrected chi connectivity index (χ1v) is 6.03. The van der Waals surface area contributed by atoms with E-state index < -0.39 is 0 Å². The molecular formula is C12H27NO2. The zero-order valence-corrected chi connectivity index (χ0v) is 10.8. The van der Waals surface area contributed by atoms with Crippen LogP contribution in [0, 0.1) is 0 Å². The highest BCUT2D eigenvalue weighted by atomic mass is 16.3. The van der Waals surface area contributed by atoms with Gasteiger partial charge >= 0.3 is 0 Å². The summed E-state index contributed by atoms with van der Waals surface area (Å²) < 4.78 is 0. The number of aliphatic hydroxyl groups excluding tert-OH is 2. The molecule has 0 bridgehead atoms. The molecule has 0 aromatic carbocycles. The first-order chi connectivity index (χ1) is 6.91. The molecule has 0 fully saturated rings. The number of nitrogens with zero attached hydrogens (tertiary/aromatic N) is 1. The van der Waals surface area contributed by atoms with Gasteiger partial charge in [-0.1, -0.05) is 13.3 Å². The summed E-state index contributed by atoms with van der Waals surface area (Å²) in [4.78, 5) is 2.19. The molecule has 3 nitrogen and oxygen atoms in total. The van der Waals surface area contributed by atoms with Gasteiger partial charge in [0.25, 0.3) is 0 Å². The van der Waals surface area contributed by atoms with Gasteiger partial charge < -0.3 is 10.2 Å². The monoisotopic (exact) mass is 217 g/mol. The quantitative estimate of drug-likeness (QED) is 0.681. The van der Waals surface area contributed by atoms with Gasteiger partial charge in [0, 0.05) is 12.1 Å². The maximum atomic E-state index is 9.60. The van der Waals surface area contributed by atoms with E-state index in [4.69, 9.17) is 0 Å². The second-order valence-electron chi connectivity index (χ2n) is 4.55. The molecule has 0 aliphatic heterocycles. The molecule has 0 aromatic rings. The minimum absolute atomic E-state index is 0.0983. The maximum Gasteiger partial charge on any atom is 0.0664 e. The molecule has 3 heteroatoms. The van der Waals surface area contributed by atoms with E-state index in [0.29, 0.717) is 0 Å². The van der Waals surface area contributed by atoms with Gasteiger partial charge in [-0.25, -0.2) is 0 Å². The Kier molecular flexibility index (Phi) is 7.14. The fourth-order valence-corrected chi connectivity index (χ4v) is 1.67. The molecule has 2 N–H and O–H groups in total. The molecule has 15 heavy (non-hydrogen) atoms. The summed E-state index contributed by atoms with van der Waals surface area (Å²) in [6.45, 7) is 10.7. The highest BCUT2D eigenvalue weighted by molar-refractivity contribution is 4.79. The first-order valence-electron chi connectivity index (χ1n) is 6.03. The second kappa shape index (κ2) is 7.20. The van der Waals surface area contributed by atoms with Crippen LogP contribution in [0.5, 0.6) is 0 Å². The van der Waals surface area contributed by atoms with Crippen LogP contribution in [0.3, 0.4) is 0 Å². The van der Waals surface area contributed by atoms with Crippen molar-refractivity contribution in [2.75, 3.05) is 6.54 Å². The van der Waals surface area contributed by atoms with Crippen LogP contribution in [0.4, 0.5) is 0 Å². The predicted octanol–water partition coefficient (Wildman–Crippen LogP) is 1.63. The molecular weight excluding hydrogens is 190 g/mol. The van der Waals surface area contributed by atoms with Gasteiger partial charge in [-0.05, 0) is 40.7 Å². The third-order valence-electron chi connectivity index (χ3n) is 3.21. The van der Waals surface area contributed by atoms with Crippen molar-refractivity contribution in [3.8, 4) is 0 Å². The molecule has 92 valence electrons. The molecule has 0 amide bonds. The smallest absolute Gasteiger partial charge is 0.0664 e. The van der Waals surface area contributed by atoms with Crippen molar-refractivity contribution in [1.29, 1.82) is 0 Å². The first kappa shape index (κ1) is 14.9. The third-order valence-corrected chi connectivity index (χ3v) is 3.21. The normalized spacial score (nSPS) is 20.0. The number of hydrogen-bond acceptors (Lipinski definition) is 3. The van der Waals surface area contributed by atoms with Crippen molar-refractivity contribution in [3.63, 3.8) is 0 Å². The SMILES string of the molecule is CCCCN(C(C)C(C)O)C(C)C(C)O. The summed E-state index contributed by atoms with van der Waals surface area (Å²) >= 11 is 0. The summed E-state index contributed by atoms with van der Waals surface area (Å²) in [7, 11) is 0. The van der Waals surface area contributed by atoms with Gasteiger partial charge in [0.05, 0.1) is 12.2 Å². The van der Waals surface area contributed by atoms with Gasteiger partial charge in [0.1, 0.15) is 0 Å². The van der Waals surface area contributed by atoms with E-state index in [-0.39, 0.29) is 24.3 Å². The summed E-state index contributed by atoms with van der Waals surface area (Å²) in [6.07, 6.45) is 1.52.